The Morgan fingerprint density at radius 2 is 1.96 bits per heavy atom. The van der Waals surface area contributed by atoms with E-state index in [9.17, 15) is 18.0 Å². The van der Waals surface area contributed by atoms with Crippen LogP contribution in [0.1, 0.15) is 33.1 Å². The van der Waals surface area contributed by atoms with Crippen LogP contribution in [0.5, 0.6) is 5.75 Å². The normalized spacial score (nSPS) is 17.5. The van der Waals surface area contributed by atoms with E-state index in [1.54, 1.807) is 6.07 Å². The van der Waals surface area contributed by atoms with Crippen LogP contribution in [0.4, 0.5) is 5.69 Å². The van der Waals surface area contributed by atoms with E-state index in [4.69, 9.17) is 4.74 Å². The molecule has 2 amide bonds. The molecule has 154 valence electrons. The average molecular weight is 410 g/mol. The maximum absolute atomic E-state index is 12.8. The molecule has 28 heavy (non-hydrogen) atoms. The predicted octanol–water partition coefficient (Wildman–Crippen LogP) is 1.36. The third-order valence-corrected chi connectivity index (χ3v) is 6.82. The number of amides is 2. The second kappa shape index (κ2) is 8.48. The summed E-state index contributed by atoms with van der Waals surface area (Å²) in [5.74, 6) is 0.205. The van der Waals surface area contributed by atoms with Gasteiger partial charge in [0.25, 0.3) is 5.91 Å². The number of sulfonamides is 1. The molecule has 0 radical (unpaired) electrons. The molecule has 1 aromatic rings. The third-order valence-electron chi connectivity index (χ3n) is 4.92. The number of benzene rings is 1. The van der Waals surface area contributed by atoms with E-state index in [-0.39, 0.29) is 29.9 Å². The van der Waals surface area contributed by atoms with E-state index in [0.29, 0.717) is 37.0 Å². The first kappa shape index (κ1) is 20.6. The van der Waals surface area contributed by atoms with Crippen molar-refractivity contribution in [3.63, 3.8) is 0 Å². The maximum Gasteiger partial charge on any atom is 0.265 e. The highest BCUT2D eigenvalue weighted by atomic mass is 32.2. The maximum atomic E-state index is 12.8. The van der Waals surface area contributed by atoms with E-state index < -0.39 is 10.0 Å². The van der Waals surface area contributed by atoms with Gasteiger partial charge in [-0.05, 0) is 43.4 Å². The lowest BCUT2D eigenvalue weighted by molar-refractivity contribution is -0.125. The van der Waals surface area contributed by atoms with Crippen LogP contribution in [-0.4, -0.2) is 57.3 Å². The molecule has 1 fully saturated rings. The first-order valence-electron chi connectivity index (χ1n) is 9.63. The highest BCUT2D eigenvalue weighted by Crippen LogP contribution is 2.35. The Morgan fingerprint density at radius 3 is 2.64 bits per heavy atom. The van der Waals surface area contributed by atoms with Gasteiger partial charge in [0, 0.05) is 19.6 Å². The van der Waals surface area contributed by atoms with Crippen LogP contribution in [0, 0.1) is 5.92 Å². The number of carbonyl (C=O) groups is 2. The molecule has 0 aliphatic carbocycles. The van der Waals surface area contributed by atoms with Crippen LogP contribution < -0.4 is 15.0 Å². The molecule has 1 saturated heterocycles. The van der Waals surface area contributed by atoms with Crippen molar-refractivity contribution in [3.8, 4) is 5.75 Å². The van der Waals surface area contributed by atoms with Crippen LogP contribution in [0.15, 0.2) is 23.1 Å². The molecule has 0 bridgehead atoms. The Hall–Kier alpha value is -2.13. The standard InChI is InChI=1S/C19H27N3O5S/c1-14(2)7-8-20-18(23)12-22-16-11-15(5-6-17(16)27-13-19(22)24)28(25,26)21-9-3-4-10-21/h5-6,11,14H,3-4,7-10,12-13H2,1-2H3,(H,20,23). The molecular weight excluding hydrogens is 382 g/mol. The summed E-state index contributed by atoms with van der Waals surface area (Å²) < 4.78 is 32.5. The molecule has 9 heteroatoms. The van der Waals surface area contributed by atoms with Crippen molar-refractivity contribution in [2.45, 2.75) is 38.0 Å². The van der Waals surface area contributed by atoms with Crippen molar-refractivity contribution in [3.05, 3.63) is 18.2 Å². The molecule has 1 N–H and O–H groups in total. The average Bonchev–Trinajstić information content (AvgIpc) is 3.19. The number of anilines is 1. The van der Waals surface area contributed by atoms with Gasteiger partial charge >= 0.3 is 0 Å². The van der Waals surface area contributed by atoms with Gasteiger partial charge in [-0.3, -0.25) is 14.5 Å². The Labute approximate surface area is 165 Å². The fourth-order valence-electron chi connectivity index (χ4n) is 3.29. The summed E-state index contributed by atoms with van der Waals surface area (Å²) in [7, 11) is -3.63. The Morgan fingerprint density at radius 1 is 1.25 bits per heavy atom. The minimum Gasteiger partial charge on any atom is -0.482 e. The van der Waals surface area contributed by atoms with E-state index in [2.05, 4.69) is 19.2 Å². The highest BCUT2D eigenvalue weighted by Gasteiger charge is 2.32. The fourth-order valence-corrected chi connectivity index (χ4v) is 4.83. The van der Waals surface area contributed by atoms with Crippen LogP contribution in [0.2, 0.25) is 0 Å². The summed E-state index contributed by atoms with van der Waals surface area (Å²) in [6.07, 6.45) is 2.53. The lowest BCUT2D eigenvalue weighted by atomic mass is 10.1. The fraction of sp³-hybridized carbons (Fsp3) is 0.579. The van der Waals surface area contributed by atoms with Crippen molar-refractivity contribution in [1.29, 1.82) is 0 Å². The van der Waals surface area contributed by atoms with Gasteiger partial charge in [-0.25, -0.2) is 8.42 Å². The van der Waals surface area contributed by atoms with Gasteiger partial charge in [0.1, 0.15) is 12.3 Å². The predicted molar refractivity (Wildman–Crippen MR) is 105 cm³/mol. The summed E-state index contributed by atoms with van der Waals surface area (Å²) >= 11 is 0. The zero-order chi connectivity index (χ0) is 20.3. The molecule has 8 nitrogen and oxygen atoms in total. The summed E-state index contributed by atoms with van der Waals surface area (Å²) in [5.41, 5.74) is 0.315. The van der Waals surface area contributed by atoms with Gasteiger partial charge in [0.2, 0.25) is 15.9 Å². The lowest BCUT2D eigenvalue weighted by Crippen LogP contribution is -2.45. The third kappa shape index (κ3) is 4.47. The smallest absolute Gasteiger partial charge is 0.265 e. The van der Waals surface area contributed by atoms with Crippen LogP contribution >= 0.6 is 0 Å². The zero-order valence-corrected chi connectivity index (χ0v) is 17.1. The number of hydrogen-bond acceptors (Lipinski definition) is 5. The molecule has 0 aromatic heterocycles. The largest absolute Gasteiger partial charge is 0.482 e. The molecule has 0 spiro atoms. The second-order valence-electron chi connectivity index (χ2n) is 7.54. The van der Waals surface area contributed by atoms with Gasteiger partial charge < -0.3 is 10.1 Å². The van der Waals surface area contributed by atoms with Crippen LogP contribution in [0.3, 0.4) is 0 Å². The van der Waals surface area contributed by atoms with E-state index in [0.717, 1.165) is 19.3 Å². The molecule has 0 atom stereocenters. The number of ether oxygens (including phenoxy) is 1. The van der Waals surface area contributed by atoms with Gasteiger partial charge in [-0.15, -0.1) is 0 Å². The first-order valence-corrected chi connectivity index (χ1v) is 11.1. The lowest BCUT2D eigenvalue weighted by Gasteiger charge is -2.29. The first-order chi connectivity index (χ1) is 13.3. The SMILES string of the molecule is CC(C)CCNC(=O)CN1C(=O)COc2ccc(S(=O)(=O)N3CCCC3)cc21. The Balaban J connectivity index is 1.81. The number of carbonyl (C=O) groups excluding carboxylic acids is 2. The number of rotatable bonds is 7. The molecule has 0 unspecified atom stereocenters. The van der Waals surface area contributed by atoms with Gasteiger partial charge in [-0.1, -0.05) is 13.8 Å². The topological polar surface area (TPSA) is 96.0 Å². The molecular formula is C19H27N3O5S. The minimum atomic E-state index is -3.63. The molecule has 2 aliphatic rings. The van der Waals surface area contributed by atoms with Crippen LogP contribution in [-0.2, 0) is 19.6 Å². The summed E-state index contributed by atoms with van der Waals surface area (Å²) in [6, 6.07) is 4.47. The molecule has 3 rings (SSSR count). The summed E-state index contributed by atoms with van der Waals surface area (Å²) in [6.45, 7) is 5.32. The Bertz CT molecular complexity index is 847. The van der Waals surface area contributed by atoms with Gasteiger partial charge in [0.15, 0.2) is 6.61 Å². The molecule has 0 saturated carbocycles. The Kier molecular flexibility index (Phi) is 6.24. The van der Waals surface area contributed by atoms with Crippen molar-refractivity contribution in [2.24, 2.45) is 5.92 Å². The second-order valence-corrected chi connectivity index (χ2v) is 9.48. The van der Waals surface area contributed by atoms with E-state index >= 15 is 0 Å². The van der Waals surface area contributed by atoms with Crippen LogP contribution in [0.25, 0.3) is 0 Å². The quantitative estimate of drug-likeness (QED) is 0.734. The molecule has 1 aromatic carbocycles. The van der Waals surface area contributed by atoms with Crippen molar-refractivity contribution >= 4 is 27.5 Å². The highest BCUT2D eigenvalue weighted by molar-refractivity contribution is 7.89. The minimum absolute atomic E-state index is 0.108. The molecule has 2 aliphatic heterocycles. The summed E-state index contributed by atoms with van der Waals surface area (Å²) in [4.78, 5) is 26.0. The number of fused-ring (bicyclic) bond motifs is 1. The molecule has 2 heterocycles. The van der Waals surface area contributed by atoms with Crippen molar-refractivity contribution in [2.75, 3.05) is 37.7 Å². The van der Waals surface area contributed by atoms with Gasteiger partial charge in [-0.2, -0.15) is 4.31 Å². The van der Waals surface area contributed by atoms with Crippen molar-refractivity contribution < 1.29 is 22.7 Å². The van der Waals surface area contributed by atoms with Crippen molar-refractivity contribution in [1.82, 2.24) is 9.62 Å². The van der Waals surface area contributed by atoms with E-state index in [1.165, 1.54) is 21.3 Å². The summed E-state index contributed by atoms with van der Waals surface area (Å²) in [5, 5.41) is 2.80. The van der Waals surface area contributed by atoms with E-state index in [1.807, 2.05) is 0 Å². The zero-order valence-electron chi connectivity index (χ0n) is 16.3. The number of nitrogens with one attached hydrogen (secondary N) is 1. The monoisotopic (exact) mass is 409 g/mol. The number of nitrogens with zero attached hydrogens (tertiary/aromatic N) is 2. The van der Waals surface area contributed by atoms with Gasteiger partial charge in [0.05, 0.1) is 10.6 Å². The number of hydrogen-bond donors (Lipinski definition) is 1.